The first-order chi connectivity index (χ1) is 17.0. The summed E-state index contributed by atoms with van der Waals surface area (Å²) in [5, 5.41) is 0. The molecule has 0 amide bonds. The number of likely N-dealkylation sites (N-methyl/N-ethyl adjacent to an activating group) is 1. The average Bonchev–Trinajstić information content (AvgIpc) is 2.87. The monoisotopic (exact) mass is 490 g/mol. The number of anilines is 2. The summed E-state index contributed by atoms with van der Waals surface area (Å²) in [6.45, 7) is 23.3. The molecule has 0 spiro atoms. The molecule has 2 fully saturated rings. The smallest absolute Gasteiger partial charge is 0.0367 e. The van der Waals surface area contributed by atoms with E-state index in [1.54, 1.807) is 0 Å². The van der Waals surface area contributed by atoms with Crippen LogP contribution < -0.4 is 9.80 Å². The number of hydrogen-bond donors (Lipinski definition) is 0. The Balaban J connectivity index is 1.25. The van der Waals surface area contributed by atoms with E-state index in [-0.39, 0.29) is 10.8 Å². The van der Waals surface area contributed by atoms with E-state index in [1.807, 2.05) is 0 Å². The summed E-state index contributed by atoms with van der Waals surface area (Å²) < 4.78 is 0. The molecule has 0 N–H and O–H groups in total. The Kier molecular flexibility index (Phi) is 8.36. The van der Waals surface area contributed by atoms with Crippen molar-refractivity contribution in [2.75, 3.05) is 69.2 Å². The summed E-state index contributed by atoms with van der Waals surface area (Å²) in [4.78, 5) is 10.2. The predicted octanol–water partition coefficient (Wildman–Crippen LogP) is 6.00. The summed E-state index contributed by atoms with van der Waals surface area (Å²) in [6.07, 6.45) is 2.46. The van der Waals surface area contributed by atoms with E-state index >= 15 is 0 Å². The first kappa shape index (κ1) is 27.0. The van der Waals surface area contributed by atoms with Crippen molar-refractivity contribution in [1.82, 2.24) is 9.80 Å². The molecule has 2 aliphatic rings. The maximum Gasteiger partial charge on any atom is 0.0367 e. The Hall–Kier alpha value is -2.04. The van der Waals surface area contributed by atoms with E-state index in [0.717, 1.165) is 52.4 Å². The van der Waals surface area contributed by atoms with Gasteiger partial charge in [0.05, 0.1) is 0 Å². The molecular weight excluding hydrogens is 440 g/mol. The van der Waals surface area contributed by atoms with Crippen molar-refractivity contribution in [1.29, 1.82) is 0 Å². The lowest BCUT2D eigenvalue weighted by Gasteiger charge is -2.40. The van der Waals surface area contributed by atoms with E-state index in [9.17, 15) is 0 Å². The Morgan fingerprint density at radius 2 is 1.08 bits per heavy atom. The minimum Gasteiger partial charge on any atom is -0.369 e. The molecule has 2 aliphatic heterocycles. The lowest BCUT2D eigenvalue weighted by atomic mass is 9.79. The first-order valence-electron chi connectivity index (χ1n) is 14.2. The molecule has 198 valence electrons. The van der Waals surface area contributed by atoms with E-state index < -0.39 is 0 Å². The minimum absolute atomic E-state index is 0.200. The number of benzene rings is 2. The number of nitrogens with zero attached hydrogens (tertiary/aromatic N) is 4. The molecule has 2 aromatic rings. The fraction of sp³-hybridized carbons (Fsp3) is 0.625. The Bertz CT molecular complexity index is 941. The number of hydrogen-bond acceptors (Lipinski definition) is 4. The van der Waals surface area contributed by atoms with E-state index in [1.165, 1.54) is 35.3 Å². The van der Waals surface area contributed by atoms with Crippen LogP contribution in [0.25, 0.3) is 0 Å². The van der Waals surface area contributed by atoms with Gasteiger partial charge in [0.2, 0.25) is 0 Å². The number of rotatable bonds is 7. The van der Waals surface area contributed by atoms with E-state index in [4.69, 9.17) is 0 Å². The normalized spacial score (nSPS) is 19.5. The van der Waals surface area contributed by atoms with Gasteiger partial charge in [-0.3, -0.25) is 4.90 Å². The predicted molar refractivity (Wildman–Crippen MR) is 157 cm³/mol. The lowest BCUT2D eigenvalue weighted by Crippen LogP contribution is -2.49. The second kappa shape index (κ2) is 11.1. The SMILES string of the molecule is CC(CCC(C)(C)c1ccc(N2CCN(C)CC2)cc1)N1CCN(c2ccc(C(C)(C)C)cc2)CC1. The van der Waals surface area contributed by atoms with Crippen LogP contribution in [0.15, 0.2) is 48.5 Å². The van der Waals surface area contributed by atoms with Crippen molar-refractivity contribution >= 4 is 11.4 Å². The summed E-state index contributed by atoms with van der Waals surface area (Å²) in [6, 6.07) is 19.3. The molecule has 0 saturated carbocycles. The van der Waals surface area contributed by atoms with Gasteiger partial charge in [0.1, 0.15) is 0 Å². The Morgan fingerprint density at radius 3 is 1.56 bits per heavy atom. The fourth-order valence-corrected chi connectivity index (χ4v) is 5.68. The van der Waals surface area contributed by atoms with Crippen molar-refractivity contribution in [3.63, 3.8) is 0 Å². The molecule has 4 nitrogen and oxygen atoms in total. The number of piperazine rings is 2. The van der Waals surface area contributed by atoms with Crippen LogP contribution >= 0.6 is 0 Å². The average molecular weight is 491 g/mol. The minimum atomic E-state index is 0.200. The third-order valence-electron chi connectivity index (χ3n) is 8.74. The zero-order chi connectivity index (χ0) is 25.9. The molecule has 0 aliphatic carbocycles. The van der Waals surface area contributed by atoms with Crippen LogP contribution in [0.1, 0.15) is 65.5 Å². The zero-order valence-electron chi connectivity index (χ0n) is 24.1. The first-order valence-corrected chi connectivity index (χ1v) is 14.2. The van der Waals surface area contributed by atoms with Crippen LogP contribution in [0.2, 0.25) is 0 Å². The highest BCUT2D eigenvalue weighted by Crippen LogP contribution is 2.32. The van der Waals surface area contributed by atoms with Crippen LogP contribution in [-0.4, -0.2) is 75.2 Å². The molecule has 4 rings (SSSR count). The summed E-state index contributed by atoms with van der Waals surface area (Å²) in [7, 11) is 2.22. The molecule has 1 atom stereocenters. The van der Waals surface area contributed by atoms with Crippen LogP contribution in [0, 0.1) is 0 Å². The fourth-order valence-electron chi connectivity index (χ4n) is 5.68. The summed E-state index contributed by atoms with van der Waals surface area (Å²) in [5.74, 6) is 0. The molecule has 2 heterocycles. The molecule has 4 heteroatoms. The molecule has 2 saturated heterocycles. The lowest BCUT2D eigenvalue weighted by molar-refractivity contribution is 0.179. The van der Waals surface area contributed by atoms with Gasteiger partial charge >= 0.3 is 0 Å². The van der Waals surface area contributed by atoms with Gasteiger partial charge < -0.3 is 14.7 Å². The van der Waals surface area contributed by atoms with Crippen LogP contribution in [0.5, 0.6) is 0 Å². The van der Waals surface area contributed by atoms with Crippen LogP contribution in [0.4, 0.5) is 11.4 Å². The van der Waals surface area contributed by atoms with E-state index in [0.29, 0.717) is 6.04 Å². The molecule has 0 radical (unpaired) electrons. The molecule has 2 aromatic carbocycles. The van der Waals surface area contributed by atoms with Gasteiger partial charge in [-0.15, -0.1) is 0 Å². The second-order valence-corrected chi connectivity index (χ2v) is 12.9. The Labute approximate surface area is 221 Å². The quantitative estimate of drug-likeness (QED) is 0.472. The van der Waals surface area contributed by atoms with Crippen molar-refractivity contribution in [2.45, 2.75) is 71.3 Å². The zero-order valence-corrected chi connectivity index (χ0v) is 24.1. The Morgan fingerprint density at radius 1 is 0.639 bits per heavy atom. The highest BCUT2D eigenvalue weighted by molar-refractivity contribution is 5.50. The van der Waals surface area contributed by atoms with Gasteiger partial charge in [-0.05, 0) is 73.0 Å². The highest BCUT2D eigenvalue weighted by Gasteiger charge is 2.26. The van der Waals surface area contributed by atoms with Crippen molar-refractivity contribution in [3.05, 3.63) is 59.7 Å². The van der Waals surface area contributed by atoms with Crippen LogP contribution in [0.3, 0.4) is 0 Å². The standard InChI is InChI=1S/C32H50N4/c1-26(34-22-24-36(25-23-34)29-12-8-27(9-13-29)31(2,3)4)16-17-32(5,6)28-10-14-30(15-11-28)35-20-18-33(7)19-21-35/h8-15,26H,16-25H2,1-7H3. The van der Waals surface area contributed by atoms with Crippen molar-refractivity contribution in [3.8, 4) is 0 Å². The maximum absolute atomic E-state index is 2.70. The largest absolute Gasteiger partial charge is 0.369 e. The molecule has 0 aromatic heterocycles. The molecule has 0 bridgehead atoms. The van der Waals surface area contributed by atoms with Gasteiger partial charge in [0, 0.05) is 69.8 Å². The third kappa shape index (κ3) is 6.63. The van der Waals surface area contributed by atoms with Gasteiger partial charge in [0.15, 0.2) is 0 Å². The summed E-state index contributed by atoms with van der Waals surface area (Å²) >= 11 is 0. The van der Waals surface area contributed by atoms with Gasteiger partial charge in [-0.1, -0.05) is 58.9 Å². The molecule has 36 heavy (non-hydrogen) atoms. The van der Waals surface area contributed by atoms with Crippen molar-refractivity contribution in [2.24, 2.45) is 0 Å². The topological polar surface area (TPSA) is 13.0 Å². The third-order valence-corrected chi connectivity index (χ3v) is 8.74. The second-order valence-electron chi connectivity index (χ2n) is 12.9. The van der Waals surface area contributed by atoms with Crippen LogP contribution in [-0.2, 0) is 10.8 Å². The highest BCUT2D eigenvalue weighted by atomic mass is 15.3. The van der Waals surface area contributed by atoms with Gasteiger partial charge in [-0.25, -0.2) is 0 Å². The molecular formula is C32H50N4. The van der Waals surface area contributed by atoms with Crippen molar-refractivity contribution < 1.29 is 0 Å². The maximum atomic E-state index is 2.70. The van der Waals surface area contributed by atoms with E-state index in [2.05, 4.69) is 117 Å². The van der Waals surface area contributed by atoms with Gasteiger partial charge in [0.25, 0.3) is 0 Å². The summed E-state index contributed by atoms with van der Waals surface area (Å²) in [5.41, 5.74) is 6.04. The molecule has 1 unspecified atom stereocenters. The van der Waals surface area contributed by atoms with Gasteiger partial charge in [-0.2, -0.15) is 0 Å².